The van der Waals surface area contributed by atoms with Crippen LogP contribution in [-0.2, 0) is 19.0 Å². The first kappa shape index (κ1) is 14.3. The molecule has 0 heterocycles. The molecule has 0 amide bonds. The number of carboxylic acids is 1. The minimum Gasteiger partial charge on any atom is -0.481 e. The van der Waals surface area contributed by atoms with Crippen LogP contribution in [0.5, 0.6) is 0 Å². The van der Waals surface area contributed by atoms with Crippen LogP contribution < -0.4 is 0 Å². The summed E-state index contributed by atoms with van der Waals surface area (Å²) in [5.41, 5.74) is 0. The van der Waals surface area contributed by atoms with E-state index in [4.69, 9.17) is 19.3 Å². The molecule has 0 aliphatic carbocycles. The number of carbonyl (C=O) groups is 1. The highest BCUT2D eigenvalue weighted by atomic mass is 16.9. The molecule has 0 saturated heterocycles. The fourth-order valence-electron chi connectivity index (χ4n) is 1.26. The van der Waals surface area contributed by atoms with Gasteiger partial charge < -0.3 is 19.3 Å². The van der Waals surface area contributed by atoms with Gasteiger partial charge >= 0.3 is 5.97 Å². The predicted octanol–water partition coefficient (Wildman–Crippen LogP) is 1.61. The fourth-order valence-corrected chi connectivity index (χ4v) is 1.26. The summed E-state index contributed by atoms with van der Waals surface area (Å²) in [6.45, 7) is 6.69. The second kappa shape index (κ2) is 7.62. The van der Waals surface area contributed by atoms with E-state index in [1.165, 1.54) is 0 Å². The van der Waals surface area contributed by atoms with Gasteiger partial charge in [-0.05, 0) is 20.8 Å². The SMILES string of the molecule is CCOC(CCC(=O)O)(OCC)OCC. The van der Waals surface area contributed by atoms with Crippen molar-refractivity contribution < 1.29 is 24.1 Å². The summed E-state index contributed by atoms with van der Waals surface area (Å²) >= 11 is 0. The third kappa shape index (κ3) is 5.71. The second-order valence-electron chi connectivity index (χ2n) is 2.88. The average molecular weight is 220 g/mol. The molecule has 0 aromatic rings. The molecule has 0 atom stereocenters. The first-order chi connectivity index (χ1) is 7.10. The standard InChI is InChI=1S/C10H20O5/c1-4-13-10(14-5-2,15-6-3)8-7-9(11)12/h4-8H2,1-3H3,(H,11,12). The monoisotopic (exact) mass is 220 g/mol. The van der Waals surface area contributed by atoms with Crippen LogP contribution in [0.4, 0.5) is 0 Å². The van der Waals surface area contributed by atoms with Crippen LogP contribution in [0.2, 0.25) is 0 Å². The Labute approximate surface area is 90.3 Å². The van der Waals surface area contributed by atoms with E-state index in [2.05, 4.69) is 0 Å². The molecule has 0 spiro atoms. The van der Waals surface area contributed by atoms with Crippen LogP contribution in [-0.4, -0.2) is 36.9 Å². The van der Waals surface area contributed by atoms with Gasteiger partial charge in [0.1, 0.15) is 0 Å². The third-order valence-electron chi connectivity index (χ3n) is 1.74. The van der Waals surface area contributed by atoms with Gasteiger partial charge in [-0.1, -0.05) is 0 Å². The van der Waals surface area contributed by atoms with Crippen LogP contribution in [0.3, 0.4) is 0 Å². The molecule has 5 nitrogen and oxygen atoms in total. The Morgan fingerprint density at radius 1 is 1.07 bits per heavy atom. The largest absolute Gasteiger partial charge is 0.481 e. The van der Waals surface area contributed by atoms with E-state index in [0.717, 1.165) is 0 Å². The molecule has 0 rings (SSSR count). The van der Waals surface area contributed by atoms with E-state index in [1.54, 1.807) is 0 Å². The maximum absolute atomic E-state index is 10.5. The number of aliphatic carboxylic acids is 1. The zero-order valence-electron chi connectivity index (χ0n) is 9.62. The van der Waals surface area contributed by atoms with Gasteiger partial charge in [-0.2, -0.15) is 0 Å². The normalized spacial score (nSPS) is 11.7. The molecule has 15 heavy (non-hydrogen) atoms. The number of ether oxygens (including phenoxy) is 3. The highest BCUT2D eigenvalue weighted by Crippen LogP contribution is 2.22. The lowest BCUT2D eigenvalue weighted by Gasteiger charge is -2.31. The molecule has 0 unspecified atom stereocenters. The van der Waals surface area contributed by atoms with Crippen molar-refractivity contribution >= 4 is 5.97 Å². The quantitative estimate of drug-likeness (QED) is 0.598. The van der Waals surface area contributed by atoms with E-state index >= 15 is 0 Å². The molecule has 0 fully saturated rings. The van der Waals surface area contributed by atoms with Gasteiger partial charge in [0.15, 0.2) is 0 Å². The van der Waals surface area contributed by atoms with E-state index in [1.807, 2.05) is 20.8 Å². The summed E-state index contributed by atoms with van der Waals surface area (Å²) in [6.07, 6.45) is 0.151. The van der Waals surface area contributed by atoms with Gasteiger partial charge in [0.05, 0.1) is 6.42 Å². The lowest BCUT2D eigenvalue weighted by atomic mass is 10.2. The minimum atomic E-state index is -1.20. The maximum Gasteiger partial charge on any atom is 0.303 e. The van der Waals surface area contributed by atoms with Gasteiger partial charge in [0.2, 0.25) is 0 Å². The molecule has 0 radical (unpaired) electrons. The van der Waals surface area contributed by atoms with E-state index < -0.39 is 11.9 Å². The van der Waals surface area contributed by atoms with Gasteiger partial charge in [0, 0.05) is 26.2 Å². The highest BCUT2D eigenvalue weighted by Gasteiger charge is 2.32. The van der Waals surface area contributed by atoms with Gasteiger partial charge in [0.25, 0.3) is 5.97 Å². The average Bonchev–Trinajstić information content (AvgIpc) is 2.16. The van der Waals surface area contributed by atoms with Crippen LogP contribution >= 0.6 is 0 Å². The van der Waals surface area contributed by atoms with Gasteiger partial charge in [-0.15, -0.1) is 0 Å². The molecule has 0 aromatic carbocycles. The Bertz CT molecular complexity index is 164. The molecule has 0 saturated carbocycles. The number of carboxylic acid groups (broad SMARTS) is 1. The predicted molar refractivity (Wildman–Crippen MR) is 54.5 cm³/mol. The smallest absolute Gasteiger partial charge is 0.303 e. The van der Waals surface area contributed by atoms with E-state index in [-0.39, 0.29) is 12.8 Å². The van der Waals surface area contributed by atoms with Crippen molar-refractivity contribution in [2.75, 3.05) is 19.8 Å². The summed E-state index contributed by atoms with van der Waals surface area (Å²) < 4.78 is 16.1. The van der Waals surface area contributed by atoms with Gasteiger partial charge in [-0.25, -0.2) is 0 Å². The molecule has 0 aliphatic rings. The van der Waals surface area contributed by atoms with Crippen molar-refractivity contribution in [2.45, 2.75) is 39.6 Å². The summed E-state index contributed by atoms with van der Waals surface area (Å²) in [4.78, 5) is 10.5. The van der Waals surface area contributed by atoms with Crippen LogP contribution in [0.15, 0.2) is 0 Å². The second-order valence-corrected chi connectivity index (χ2v) is 2.88. The molecular formula is C10H20O5. The van der Waals surface area contributed by atoms with Crippen molar-refractivity contribution in [1.82, 2.24) is 0 Å². The zero-order chi connectivity index (χ0) is 11.7. The van der Waals surface area contributed by atoms with E-state index in [9.17, 15) is 4.79 Å². The van der Waals surface area contributed by atoms with Crippen molar-refractivity contribution in [1.29, 1.82) is 0 Å². The Morgan fingerprint density at radius 3 is 1.73 bits per heavy atom. The lowest BCUT2D eigenvalue weighted by Crippen LogP contribution is -2.40. The topological polar surface area (TPSA) is 65.0 Å². The first-order valence-corrected chi connectivity index (χ1v) is 5.23. The molecule has 0 aromatic heterocycles. The Morgan fingerprint density at radius 2 is 1.47 bits per heavy atom. The minimum absolute atomic E-state index is 0.0417. The highest BCUT2D eigenvalue weighted by molar-refractivity contribution is 5.66. The summed E-state index contributed by atoms with van der Waals surface area (Å²) in [5, 5.41) is 8.61. The Balaban J connectivity index is 4.37. The van der Waals surface area contributed by atoms with Crippen molar-refractivity contribution in [2.24, 2.45) is 0 Å². The number of rotatable bonds is 9. The zero-order valence-corrected chi connectivity index (χ0v) is 9.62. The lowest BCUT2D eigenvalue weighted by molar-refractivity contribution is -0.379. The van der Waals surface area contributed by atoms with Gasteiger partial charge in [-0.3, -0.25) is 4.79 Å². The van der Waals surface area contributed by atoms with Crippen molar-refractivity contribution in [3.63, 3.8) is 0 Å². The number of hydrogen-bond donors (Lipinski definition) is 1. The van der Waals surface area contributed by atoms with Crippen LogP contribution in [0.1, 0.15) is 33.6 Å². The van der Waals surface area contributed by atoms with Crippen molar-refractivity contribution in [3.05, 3.63) is 0 Å². The molecule has 0 bridgehead atoms. The summed E-state index contributed by atoms with van der Waals surface area (Å²) in [6, 6.07) is 0. The van der Waals surface area contributed by atoms with Crippen molar-refractivity contribution in [3.8, 4) is 0 Å². The summed E-state index contributed by atoms with van der Waals surface area (Å²) in [7, 11) is 0. The van der Waals surface area contributed by atoms with Crippen LogP contribution in [0.25, 0.3) is 0 Å². The fraction of sp³-hybridized carbons (Fsp3) is 0.900. The molecule has 5 heteroatoms. The molecule has 0 aliphatic heterocycles. The Hall–Kier alpha value is -0.650. The maximum atomic E-state index is 10.5. The van der Waals surface area contributed by atoms with E-state index in [0.29, 0.717) is 19.8 Å². The third-order valence-corrected chi connectivity index (χ3v) is 1.74. The number of hydrogen-bond acceptors (Lipinski definition) is 4. The molecule has 1 N–H and O–H groups in total. The Kier molecular flexibility index (Phi) is 7.29. The summed E-state index contributed by atoms with van der Waals surface area (Å²) in [5.74, 6) is -2.09. The van der Waals surface area contributed by atoms with Crippen LogP contribution in [0, 0.1) is 0 Å². The first-order valence-electron chi connectivity index (χ1n) is 5.23. The molecular weight excluding hydrogens is 200 g/mol. The molecule has 90 valence electrons.